The Morgan fingerprint density at radius 1 is 0.970 bits per heavy atom. The lowest BCUT2D eigenvalue weighted by Crippen LogP contribution is -2.60. The van der Waals surface area contributed by atoms with Crippen LogP contribution >= 0.6 is 0 Å². The van der Waals surface area contributed by atoms with E-state index in [9.17, 15) is 25.2 Å². The standard InChI is InChI=1S/C24H30N2O7/c1-25-9-11-26(12-10-25)23(31)17-4-2-3-16(13-17)15-5-7-18(8-6-15)32-24-22(30)21(29)20(28)19(14-27)33-24/h2-8,13,19-22,24,27-30H,9-12,14H2,1H3/t19-,20-,21+,22+,24+/m1/s1. The third-order valence-corrected chi connectivity index (χ3v) is 6.19. The second-order valence-electron chi connectivity index (χ2n) is 8.52. The van der Waals surface area contributed by atoms with Gasteiger partial charge in [0.05, 0.1) is 6.61 Å². The molecule has 1 amide bonds. The zero-order valence-electron chi connectivity index (χ0n) is 18.4. The summed E-state index contributed by atoms with van der Waals surface area (Å²) in [5.41, 5.74) is 2.40. The average molecular weight is 459 g/mol. The number of ether oxygens (including phenoxy) is 2. The van der Waals surface area contributed by atoms with Crippen molar-refractivity contribution in [2.24, 2.45) is 0 Å². The predicted molar refractivity (Wildman–Crippen MR) is 120 cm³/mol. The number of carbonyl (C=O) groups excluding carboxylic acids is 1. The highest BCUT2D eigenvalue weighted by molar-refractivity contribution is 5.95. The van der Waals surface area contributed by atoms with Crippen molar-refractivity contribution >= 4 is 5.91 Å². The zero-order valence-corrected chi connectivity index (χ0v) is 18.4. The van der Waals surface area contributed by atoms with Gasteiger partial charge >= 0.3 is 0 Å². The molecule has 5 atom stereocenters. The van der Waals surface area contributed by atoms with Crippen molar-refractivity contribution in [1.82, 2.24) is 9.80 Å². The summed E-state index contributed by atoms with van der Waals surface area (Å²) in [5, 5.41) is 39.2. The maximum absolute atomic E-state index is 12.9. The largest absolute Gasteiger partial charge is 0.462 e. The van der Waals surface area contributed by atoms with Crippen LogP contribution in [-0.2, 0) is 4.74 Å². The lowest BCUT2D eigenvalue weighted by Gasteiger charge is -2.39. The average Bonchev–Trinajstić information content (AvgIpc) is 2.85. The first-order valence-electron chi connectivity index (χ1n) is 11.0. The molecule has 2 aliphatic rings. The Morgan fingerprint density at radius 3 is 2.33 bits per heavy atom. The zero-order chi connectivity index (χ0) is 23.5. The van der Waals surface area contributed by atoms with Crippen molar-refractivity contribution in [2.45, 2.75) is 30.7 Å². The van der Waals surface area contributed by atoms with Crippen LogP contribution in [0.2, 0.25) is 0 Å². The Kier molecular flexibility index (Phi) is 7.28. The molecule has 0 unspecified atom stereocenters. The molecule has 2 aromatic rings. The van der Waals surface area contributed by atoms with Crippen LogP contribution in [0.25, 0.3) is 11.1 Å². The molecule has 9 heteroatoms. The first-order valence-corrected chi connectivity index (χ1v) is 11.0. The van der Waals surface area contributed by atoms with Gasteiger partial charge in [-0.1, -0.05) is 24.3 Å². The van der Waals surface area contributed by atoms with E-state index in [1.165, 1.54) is 0 Å². The monoisotopic (exact) mass is 458 g/mol. The van der Waals surface area contributed by atoms with Gasteiger partial charge in [0.2, 0.25) is 6.29 Å². The van der Waals surface area contributed by atoms with Crippen molar-refractivity contribution in [2.75, 3.05) is 39.8 Å². The van der Waals surface area contributed by atoms with Crippen LogP contribution in [-0.4, -0.2) is 107 Å². The van der Waals surface area contributed by atoms with Gasteiger partial charge in [-0.25, -0.2) is 0 Å². The number of amides is 1. The lowest BCUT2D eigenvalue weighted by molar-refractivity contribution is -0.277. The number of piperazine rings is 1. The van der Waals surface area contributed by atoms with Gasteiger partial charge in [-0.3, -0.25) is 4.79 Å². The van der Waals surface area contributed by atoms with E-state index in [1.807, 2.05) is 48.3 Å². The summed E-state index contributed by atoms with van der Waals surface area (Å²) in [6.45, 7) is 2.63. The maximum atomic E-state index is 12.9. The van der Waals surface area contributed by atoms with Crippen LogP contribution in [0.1, 0.15) is 10.4 Å². The van der Waals surface area contributed by atoms with Crippen molar-refractivity contribution in [3.8, 4) is 16.9 Å². The van der Waals surface area contributed by atoms with Crippen LogP contribution in [0.3, 0.4) is 0 Å². The second kappa shape index (κ2) is 10.2. The number of benzene rings is 2. The Morgan fingerprint density at radius 2 is 1.67 bits per heavy atom. The number of hydrogen-bond acceptors (Lipinski definition) is 8. The van der Waals surface area contributed by atoms with Gasteiger partial charge in [-0.2, -0.15) is 0 Å². The molecule has 0 radical (unpaired) electrons. The molecular formula is C24H30N2O7. The Hall–Kier alpha value is -2.53. The molecule has 4 rings (SSSR count). The highest BCUT2D eigenvalue weighted by Gasteiger charge is 2.44. The van der Waals surface area contributed by atoms with Crippen molar-refractivity contribution < 1.29 is 34.7 Å². The number of carbonyl (C=O) groups is 1. The van der Waals surface area contributed by atoms with Gasteiger partial charge in [0.25, 0.3) is 5.91 Å². The molecule has 178 valence electrons. The number of aliphatic hydroxyl groups excluding tert-OH is 4. The summed E-state index contributed by atoms with van der Waals surface area (Å²) >= 11 is 0. The van der Waals surface area contributed by atoms with E-state index in [0.717, 1.165) is 24.2 Å². The highest BCUT2D eigenvalue weighted by atomic mass is 16.7. The van der Waals surface area contributed by atoms with E-state index in [0.29, 0.717) is 24.4 Å². The van der Waals surface area contributed by atoms with E-state index in [4.69, 9.17) is 9.47 Å². The van der Waals surface area contributed by atoms with Gasteiger partial charge in [0, 0.05) is 31.7 Å². The van der Waals surface area contributed by atoms with Crippen molar-refractivity contribution in [3.63, 3.8) is 0 Å². The van der Waals surface area contributed by atoms with Crippen molar-refractivity contribution in [1.29, 1.82) is 0 Å². The van der Waals surface area contributed by atoms with Crippen LogP contribution in [0.4, 0.5) is 0 Å². The number of hydrogen-bond donors (Lipinski definition) is 4. The summed E-state index contributed by atoms with van der Waals surface area (Å²) in [5.74, 6) is 0.403. The molecule has 0 aromatic heterocycles. The van der Waals surface area contributed by atoms with Crippen LogP contribution < -0.4 is 4.74 Å². The van der Waals surface area contributed by atoms with Crippen molar-refractivity contribution in [3.05, 3.63) is 54.1 Å². The minimum atomic E-state index is -1.50. The Labute approximate surface area is 192 Å². The number of likely N-dealkylation sites (N-methyl/N-ethyl adjacent to an activating group) is 1. The molecule has 2 fully saturated rings. The molecule has 0 aliphatic carbocycles. The molecule has 0 saturated carbocycles. The SMILES string of the molecule is CN1CCN(C(=O)c2cccc(-c3ccc(O[C@H]4O[C@H](CO)[C@@H](O)[C@H](O)[C@@H]4O)cc3)c2)CC1. The fourth-order valence-corrected chi connectivity index (χ4v) is 4.05. The number of nitrogens with zero attached hydrogens (tertiary/aromatic N) is 2. The molecule has 4 N–H and O–H groups in total. The third kappa shape index (κ3) is 5.19. The Bertz CT molecular complexity index is 944. The smallest absolute Gasteiger partial charge is 0.253 e. The molecule has 9 nitrogen and oxygen atoms in total. The van der Waals surface area contributed by atoms with Gasteiger partial charge in [0.15, 0.2) is 0 Å². The molecule has 2 aromatic carbocycles. The van der Waals surface area contributed by atoms with Gasteiger partial charge in [0.1, 0.15) is 30.2 Å². The topological polar surface area (TPSA) is 123 Å². The predicted octanol–water partition coefficient (Wildman–Crippen LogP) is -0.0801. The minimum absolute atomic E-state index is 0.0209. The van der Waals surface area contributed by atoms with E-state index < -0.39 is 37.3 Å². The summed E-state index contributed by atoms with van der Waals surface area (Å²) in [6.07, 6.45) is -6.68. The lowest BCUT2D eigenvalue weighted by atomic mass is 9.99. The summed E-state index contributed by atoms with van der Waals surface area (Å²) in [7, 11) is 2.05. The van der Waals surface area contributed by atoms with Gasteiger partial charge < -0.3 is 39.7 Å². The highest BCUT2D eigenvalue weighted by Crippen LogP contribution is 2.27. The molecular weight excluding hydrogens is 428 g/mol. The molecule has 0 bridgehead atoms. The van der Waals surface area contributed by atoms with Gasteiger partial charge in [-0.05, 0) is 42.4 Å². The van der Waals surface area contributed by atoms with E-state index in [1.54, 1.807) is 12.1 Å². The Balaban J connectivity index is 1.44. The van der Waals surface area contributed by atoms with Crippen LogP contribution in [0.5, 0.6) is 5.75 Å². The second-order valence-corrected chi connectivity index (χ2v) is 8.52. The summed E-state index contributed by atoms with van der Waals surface area (Å²) in [4.78, 5) is 17.0. The quantitative estimate of drug-likeness (QED) is 0.491. The maximum Gasteiger partial charge on any atom is 0.253 e. The molecule has 2 saturated heterocycles. The van der Waals surface area contributed by atoms with E-state index in [2.05, 4.69) is 4.90 Å². The van der Waals surface area contributed by atoms with Gasteiger partial charge in [-0.15, -0.1) is 0 Å². The molecule has 2 heterocycles. The van der Waals surface area contributed by atoms with Crippen LogP contribution in [0.15, 0.2) is 48.5 Å². The summed E-state index contributed by atoms with van der Waals surface area (Å²) < 4.78 is 11.0. The first-order chi connectivity index (χ1) is 15.9. The normalized spacial score (nSPS) is 28.5. The summed E-state index contributed by atoms with van der Waals surface area (Å²) in [6, 6.07) is 14.5. The minimum Gasteiger partial charge on any atom is -0.462 e. The van der Waals surface area contributed by atoms with E-state index in [-0.39, 0.29) is 5.91 Å². The first kappa shape index (κ1) is 23.6. The van der Waals surface area contributed by atoms with E-state index >= 15 is 0 Å². The molecule has 33 heavy (non-hydrogen) atoms. The third-order valence-electron chi connectivity index (χ3n) is 6.19. The molecule has 0 spiro atoms. The fraction of sp³-hybridized carbons (Fsp3) is 0.458. The van der Waals surface area contributed by atoms with Crippen LogP contribution in [0, 0.1) is 0 Å². The number of aliphatic hydroxyl groups is 4. The number of rotatable bonds is 5. The fourth-order valence-electron chi connectivity index (χ4n) is 4.05. The molecule has 2 aliphatic heterocycles.